The highest BCUT2D eigenvalue weighted by atomic mass is 19.1. The predicted octanol–water partition coefficient (Wildman–Crippen LogP) is 4.50. The Labute approximate surface area is 141 Å². The molecule has 122 valence electrons. The van der Waals surface area contributed by atoms with Crippen LogP contribution >= 0.6 is 0 Å². The van der Waals surface area contributed by atoms with Crippen molar-refractivity contribution in [3.8, 4) is 6.07 Å². The van der Waals surface area contributed by atoms with Crippen molar-refractivity contribution in [2.45, 2.75) is 26.2 Å². The Morgan fingerprint density at radius 1 is 1.33 bits per heavy atom. The van der Waals surface area contributed by atoms with Gasteiger partial charge in [0.05, 0.1) is 11.6 Å². The van der Waals surface area contributed by atoms with Crippen molar-refractivity contribution in [1.82, 2.24) is 4.90 Å². The van der Waals surface area contributed by atoms with Crippen LogP contribution in [0.3, 0.4) is 0 Å². The Hall–Kier alpha value is -2.67. The highest BCUT2D eigenvalue weighted by Crippen LogP contribution is 2.33. The first kappa shape index (κ1) is 16.2. The van der Waals surface area contributed by atoms with Gasteiger partial charge in [0, 0.05) is 24.2 Å². The van der Waals surface area contributed by atoms with E-state index in [0.29, 0.717) is 34.9 Å². The summed E-state index contributed by atoms with van der Waals surface area (Å²) in [6.07, 6.45) is 7.69. The lowest BCUT2D eigenvalue weighted by Gasteiger charge is -2.25. The molecule has 2 aliphatic carbocycles. The van der Waals surface area contributed by atoms with E-state index >= 15 is 0 Å². The van der Waals surface area contributed by atoms with E-state index in [1.807, 2.05) is 12.1 Å². The molecule has 0 saturated heterocycles. The van der Waals surface area contributed by atoms with Crippen molar-refractivity contribution in [1.29, 1.82) is 5.26 Å². The van der Waals surface area contributed by atoms with Crippen LogP contribution in [-0.4, -0.2) is 17.4 Å². The van der Waals surface area contributed by atoms with Gasteiger partial charge < -0.3 is 4.90 Å². The molecule has 0 bridgehead atoms. The lowest BCUT2D eigenvalue weighted by molar-refractivity contribution is 0.0795. The van der Waals surface area contributed by atoms with Gasteiger partial charge in [-0.05, 0) is 61.6 Å². The second-order valence-corrected chi connectivity index (χ2v) is 6.33. The molecule has 0 aliphatic heterocycles. The van der Waals surface area contributed by atoms with Crippen LogP contribution in [0.4, 0.5) is 4.39 Å². The summed E-state index contributed by atoms with van der Waals surface area (Å²) in [5, 5.41) is 8.88. The van der Waals surface area contributed by atoms with Crippen molar-refractivity contribution in [2.75, 3.05) is 6.54 Å². The number of nitriles is 1. The zero-order chi connectivity index (χ0) is 17.1. The molecule has 3 nitrogen and oxygen atoms in total. The highest BCUT2D eigenvalue weighted by molar-refractivity contribution is 5.95. The minimum atomic E-state index is -0.205. The monoisotopic (exact) mass is 322 g/mol. The van der Waals surface area contributed by atoms with Gasteiger partial charge in [-0.2, -0.15) is 5.26 Å². The summed E-state index contributed by atoms with van der Waals surface area (Å²) in [6.45, 7) is 2.35. The van der Waals surface area contributed by atoms with Gasteiger partial charge in [0.25, 0.3) is 5.91 Å². The first-order chi connectivity index (χ1) is 11.6. The van der Waals surface area contributed by atoms with Gasteiger partial charge in [-0.1, -0.05) is 12.2 Å². The Balaban J connectivity index is 1.88. The average molecular weight is 322 g/mol. The number of nitrogens with zero attached hydrogens (tertiary/aromatic N) is 2. The zero-order valence-electron chi connectivity index (χ0n) is 13.6. The number of hydrogen-bond acceptors (Lipinski definition) is 2. The van der Waals surface area contributed by atoms with Gasteiger partial charge in [-0.25, -0.2) is 4.39 Å². The molecule has 0 heterocycles. The van der Waals surface area contributed by atoms with E-state index < -0.39 is 0 Å². The number of hydrogen-bond donors (Lipinski definition) is 0. The zero-order valence-corrected chi connectivity index (χ0v) is 13.6. The van der Waals surface area contributed by atoms with Gasteiger partial charge >= 0.3 is 0 Å². The number of benzene rings is 1. The van der Waals surface area contributed by atoms with Crippen molar-refractivity contribution in [3.63, 3.8) is 0 Å². The van der Waals surface area contributed by atoms with Crippen molar-refractivity contribution in [3.05, 3.63) is 70.7 Å². The topological polar surface area (TPSA) is 44.1 Å². The second-order valence-electron chi connectivity index (χ2n) is 6.33. The Morgan fingerprint density at radius 3 is 2.67 bits per heavy atom. The molecule has 4 heteroatoms. The maximum Gasteiger partial charge on any atom is 0.258 e. The van der Waals surface area contributed by atoms with Crippen LogP contribution in [0.2, 0.25) is 0 Å². The molecule has 1 aromatic rings. The summed E-state index contributed by atoms with van der Waals surface area (Å²) >= 11 is 0. The second kappa shape index (κ2) is 6.84. The number of halogens is 1. The average Bonchev–Trinajstić information content (AvgIpc) is 3.42. The summed E-state index contributed by atoms with van der Waals surface area (Å²) in [4.78, 5) is 14.6. The summed E-state index contributed by atoms with van der Waals surface area (Å²) < 4.78 is 14.2. The Morgan fingerprint density at radius 2 is 2.04 bits per heavy atom. The van der Waals surface area contributed by atoms with E-state index in [0.717, 1.165) is 12.8 Å². The molecule has 1 fully saturated rings. The van der Waals surface area contributed by atoms with Crippen LogP contribution in [0.5, 0.6) is 0 Å². The summed E-state index contributed by atoms with van der Waals surface area (Å²) in [6, 6.07) is 8.63. The minimum Gasteiger partial charge on any atom is -0.311 e. The Bertz CT molecular complexity index is 777. The molecular weight excluding hydrogens is 303 g/mol. The van der Waals surface area contributed by atoms with Crippen LogP contribution in [-0.2, 0) is 0 Å². The number of rotatable bonds is 4. The number of carbonyl (C=O) groups excluding carboxylic acids is 1. The maximum absolute atomic E-state index is 14.2. The van der Waals surface area contributed by atoms with Crippen LogP contribution < -0.4 is 0 Å². The normalized spacial score (nSPS) is 17.1. The molecule has 3 rings (SSSR count). The number of carbonyl (C=O) groups is 1. The molecular formula is C20H19FN2O. The number of amides is 1. The van der Waals surface area contributed by atoms with Crippen molar-refractivity contribution >= 4 is 5.91 Å². The third-order valence-electron chi connectivity index (χ3n) is 4.39. The maximum atomic E-state index is 14.2. The predicted molar refractivity (Wildman–Crippen MR) is 90.6 cm³/mol. The smallest absolute Gasteiger partial charge is 0.258 e. The quantitative estimate of drug-likeness (QED) is 0.819. The summed E-state index contributed by atoms with van der Waals surface area (Å²) in [5.41, 5.74) is 2.31. The third-order valence-corrected chi connectivity index (χ3v) is 4.39. The Kier molecular flexibility index (Phi) is 4.61. The third kappa shape index (κ3) is 3.62. The molecule has 1 saturated carbocycles. The molecule has 0 atom stereocenters. The van der Waals surface area contributed by atoms with Crippen LogP contribution in [0.1, 0.15) is 42.1 Å². The van der Waals surface area contributed by atoms with Gasteiger partial charge in [0.15, 0.2) is 0 Å². The lowest BCUT2D eigenvalue weighted by atomic mass is 10.1. The fourth-order valence-electron chi connectivity index (χ4n) is 2.67. The van der Waals surface area contributed by atoms with Crippen LogP contribution in [0, 0.1) is 17.2 Å². The minimum absolute atomic E-state index is 0.133. The summed E-state index contributed by atoms with van der Waals surface area (Å²) in [5.74, 6) is 0.149. The first-order valence-electron chi connectivity index (χ1n) is 8.13. The van der Waals surface area contributed by atoms with Gasteiger partial charge in [0.2, 0.25) is 0 Å². The van der Waals surface area contributed by atoms with E-state index in [9.17, 15) is 9.18 Å². The van der Waals surface area contributed by atoms with E-state index in [1.54, 1.807) is 48.2 Å². The molecule has 0 unspecified atom stereocenters. The molecule has 0 spiro atoms. The van der Waals surface area contributed by atoms with Crippen molar-refractivity contribution < 1.29 is 9.18 Å². The van der Waals surface area contributed by atoms with E-state index in [2.05, 4.69) is 0 Å². The van der Waals surface area contributed by atoms with E-state index in [4.69, 9.17) is 5.26 Å². The van der Waals surface area contributed by atoms with Gasteiger partial charge in [-0.3, -0.25) is 4.79 Å². The fourth-order valence-corrected chi connectivity index (χ4v) is 2.67. The van der Waals surface area contributed by atoms with Crippen LogP contribution in [0.15, 0.2) is 59.6 Å². The molecule has 0 radical (unpaired) electrons. The number of allylic oxidation sites excluding steroid dienone is 5. The van der Waals surface area contributed by atoms with Gasteiger partial charge in [0.1, 0.15) is 5.83 Å². The highest BCUT2D eigenvalue weighted by Gasteiger charge is 2.29. The van der Waals surface area contributed by atoms with E-state index in [-0.39, 0.29) is 18.2 Å². The fraction of sp³-hybridized carbons (Fsp3) is 0.300. The molecule has 2 aliphatic rings. The van der Waals surface area contributed by atoms with Crippen molar-refractivity contribution in [2.24, 2.45) is 5.92 Å². The molecule has 1 amide bonds. The molecule has 24 heavy (non-hydrogen) atoms. The molecule has 0 aromatic heterocycles. The molecule has 1 aromatic carbocycles. The lowest BCUT2D eigenvalue weighted by Crippen LogP contribution is -2.32. The largest absolute Gasteiger partial charge is 0.311 e. The first-order valence-corrected chi connectivity index (χ1v) is 8.13. The van der Waals surface area contributed by atoms with E-state index in [1.165, 1.54) is 0 Å². The SMILES string of the molecule is CC1=C(F)CC(N(CC2CC2)C(=O)c2ccc(C#N)cc2)=CC=C1. The summed E-state index contributed by atoms with van der Waals surface area (Å²) in [7, 11) is 0. The standard InChI is InChI=1S/C20H19FN2O/c1-14-3-2-4-18(11-19(14)21)23(13-16-5-6-16)20(24)17-9-7-15(12-22)8-10-17/h2-4,7-10,16H,5-6,11,13H2,1H3. The molecule has 0 N–H and O–H groups in total. The van der Waals surface area contributed by atoms with Crippen LogP contribution in [0.25, 0.3) is 0 Å². The van der Waals surface area contributed by atoms with Gasteiger partial charge in [-0.15, -0.1) is 0 Å².